The van der Waals surface area contributed by atoms with E-state index >= 15 is 0 Å². The highest BCUT2D eigenvalue weighted by Crippen LogP contribution is 2.13. The van der Waals surface area contributed by atoms with Gasteiger partial charge in [0.25, 0.3) is 0 Å². The largest absolute Gasteiger partial charge is 0.343 e. The minimum atomic E-state index is -0.989. The van der Waals surface area contributed by atoms with Gasteiger partial charge in [0.15, 0.2) is 0 Å². The van der Waals surface area contributed by atoms with Crippen LogP contribution >= 0.6 is 0 Å². The van der Waals surface area contributed by atoms with Crippen LogP contribution in [0.2, 0.25) is 0 Å². The van der Waals surface area contributed by atoms with Crippen molar-refractivity contribution in [2.45, 2.75) is 111 Å². The molecule has 228 valence electrons. The Hall–Kier alpha value is -3.43. The zero-order valence-electron chi connectivity index (χ0n) is 25.6. The van der Waals surface area contributed by atoms with Gasteiger partial charge in [0.2, 0.25) is 29.5 Å². The van der Waals surface area contributed by atoms with Gasteiger partial charge in [-0.1, -0.05) is 78.8 Å². The van der Waals surface area contributed by atoms with E-state index in [-0.39, 0.29) is 24.2 Å². The fourth-order valence-electron chi connectivity index (χ4n) is 4.88. The average Bonchev–Trinajstić information content (AvgIpc) is 2.89. The summed E-state index contributed by atoms with van der Waals surface area (Å²) in [5, 5.41) is 14.1. The molecular formula is C31H49N5O5. The van der Waals surface area contributed by atoms with Gasteiger partial charge in [-0.25, -0.2) is 0 Å². The lowest BCUT2D eigenvalue weighted by molar-refractivity contribution is -0.134. The summed E-state index contributed by atoms with van der Waals surface area (Å²) in [5.74, 6) is -2.26. The van der Waals surface area contributed by atoms with Crippen LogP contribution in [0.1, 0.15) is 79.7 Å². The van der Waals surface area contributed by atoms with Crippen LogP contribution in [-0.2, 0) is 30.4 Å². The number of carbonyl (C=O) groups excluding carboxylic acids is 5. The molecule has 41 heavy (non-hydrogen) atoms. The van der Waals surface area contributed by atoms with E-state index in [1.807, 2.05) is 71.9 Å². The first-order chi connectivity index (χ1) is 19.3. The molecule has 2 rings (SSSR count). The van der Waals surface area contributed by atoms with E-state index in [4.69, 9.17) is 0 Å². The van der Waals surface area contributed by atoms with Crippen LogP contribution in [0, 0.1) is 17.8 Å². The standard InChI is InChI=1S/C31H49N5O5/c1-8-22-27(37)33-24(15-19(4)5)30(40)36-26(17-21-12-10-9-11-13-21)31(41)35-25(16-20(6)7)29(39)34-23(14-18(2)3)28(38)32-22/h9-13,18-20,22-26H,8,14-17H2,1-7H3,(H,32,38)(H,33,37)(H,34,39)(H,35,41)(H,36,40)/t22-,23+,24+,25+,26+/m1/s1. The number of nitrogens with one attached hydrogen (secondary N) is 5. The fourth-order valence-corrected chi connectivity index (χ4v) is 4.88. The average molecular weight is 572 g/mol. The third-order valence-corrected chi connectivity index (χ3v) is 6.98. The summed E-state index contributed by atoms with van der Waals surface area (Å²) in [4.78, 5) is 67.4. The molecule has 0 aliphatic carbocycles. The third kappa shape index (κ3) is 11.2. The van der Waals surface area contributed by atoms with Gasteiger partial charge >= 0.3 is 0 Å². The smallest absolute Gasteiger partial charge is 0.243 e. The summed E-state index contributed by atoms with van der Waals surface area (Å²) < 4.78 is 0. The molecule has 1 saturated heterocycles. The lowest BCUT2D eigenvalue weighted by atomic mass is 9.99. The first-order valence-corrected chi connectivity index (χ1v) is 14.9. The Bertz CT molecular complexity index is 1040. The van der Waals surface area contributed by atoms with Crippen LogP contribution in [0.3, 0.4) is 0 Å². The van der Waals surface area contributed by atoms with Crippen LogP contribution in [0.5, 0.6) is 0 Å². The summed E-state index contributed by atoms with van der Waals surface area (Å²) in [6.45, 7) is 13.4. The predicted molar refractivity (Wildman–Crippen MR) is 158 cm³/mol. The van der Waals surface area contributed by atoms with Crippen LogP contribution in [0.25, 0.3) is 0 Å². The highest BCUT2D eigenvalue weighted by atomic mass is 16.2. The van der Waals surface area contributed by atoms with Crippen molar-refractivity contribution in [3.05, 3.63) is 35.9 Å². The van der Waals surface area contributed by atoms with Crippen molar-refractivity contribution in [1.29, 1.82) is 0 Å². The monoisotopic (exact) mass is 571 g/mol. The van der Waals surface area contributed by atoms with Crippen LogP contribution in [-0.4, -0.2) is 59.7 Å². The molecule has 0 spiro atoms. The van der Waals surface area contributed by atoms with Crippen LogP contribution in [0.15, 0.2) is 30.3 Å². The van der Waals surface area contributed by atoms with Crippen molar-refractivity contribution in [3.8, 4) is 0 Å². The molecule has 0 unspecified atom stereocenters. The molecule has 1 heterocycles. The van der Waals surface area contributed by atoms with E-state index in [1.54, 1.807) is 6.92 Å². The molecule has 10 nitrogen and oxygen atoms in total. The maximum atomic E-state index is 13.7. The molecule has 0 saturated carbocycles. The first-order valence-electron chi connectivity index (χ1n) is 14.9. The van der Waals surface area contributed by atoms with E-state index < -0.39 is 59.7 Å². The van der Waals surface area contributed by atoms with E-state index in [9.17, 15) is 24.0 Å². The molecule has 1 aromatic carbocycles. The Labute approximate surface area is 244 Å². The number of rotatable bonds is 9. The highest BCUT2D eigenvalue weighted by molar-refractivity contribution is 5.98. The maximum Gasteiger partial charge on any atom is 0.243 e. The second-order valence-electron chi connectivity index (χ2n) is 12.3. The van der Waals surface area contributed by atoms with Crippen molar-refractivity contribution >= 4 is 29.5 Å². The number of carbonyl (C=O) groups is 5. The summed E-state index contributed by atoms with van der Waals surface area (Å²) >= 11 is 0. The Morgan fingerprint density at radius 2 is 0.829 bits per heavy atom. The van der Waals surface area contributed by atoms with Crippen molar-refractivity contribution in [2.24, 2.45) is 17.8 Å². The van der Waals surface area contributed by atoms with Gasteiger partial charge in [0.1, 0.15) is 30.2 Å². The normalized spacial score (nSPS) is 25.1. The fraction of sp³-hybridized carbons (Fsp3) is 0.645. The Kier molecular flexibility index (Phi) is 13.3. The van der Waals surface area contributed by atoms with E-state index in [0.29, 0.717) is 25.7 Å². The Balaban J connectivity index is 2.55. The molecule has 0 radical (unpaired) electrons. The zero-order valence-corrected chi connectivity index (χ0v) is 25.6. The highest BCUT2D eigenvalue weighted by Gasteiger charge is 2.34. The number of amides is 5. The summed E-state index contributed by atoms with van der Waals surface area (Å²) in [7, 11) is 0. The second-order valence-corrected chi connectivity index (χ2v) is 12.3. The third-order valence-electron chi connectivity index (χ3n) is 6.98. The first kappa shape index (κ1) is 33.8. The molecule has 0 aromatic heterocycles. The SMILES string of the molecule is CC[C@H]1NC(=O)[C@H](CC(C)C)NC(=O)[C@H](CC(C)C)NC(=O)[C@H](Cc2ccccc2)NC(=O)[C@H](CC(C)C)NC1=O. The molecular weight excluding hydrogens is 522 g/mol. The Morgan fingerprint density at radius 1 is 0.512 bits per heavy atom. The molecule has 5 N–H and O–H groups in total. The van der Waals surface area contributed by atoms with E-state index in [2.05, 4.69) is 26.6 Å². The van der Waals surface area contributed by atoms with Crippen molar-refractivity contribution < 1.29 is 24.0 Å². The predicted octanol–water partition coefficient (Wildman–Crippen LogP) is 2.22. The summed E-state index contributed by atoms with van der Waals surface area (Å²) in [6, 6.07) is 4.67. The lowest BCUT2D eigenvalue weighted by Gasteiger charge is -2.27. The number of benzene rings is 1. The maximum absolute atomic E-state index is 13.7. The van der Waals surface area contributed by atoms with Crippen molar-refractivity contribution in [3.63, 3.8) is 0 Å². The molecule has 1 aromatic rings. The van der Waals surface area contributed by atoms with Crippen molar-refractivity contribution in [1.82, 2.24) is 26.6 Å². The molecule has 0 bridgehead atoms. The Morgan fingerprint density at radius 3 is 1.20 bits per heavy atom. The van der Waals surface area contributed by atoms with Crippen LogP contribution in [0.4, 0.5) is 0 Å². The van der Waals surface area contributed by atoms with Gasteiger partial charge in [-0.05, 0) is 49.0 Å². The van der Waals surface area contributed by atoms with Crippen molar-refractivity contribution in [2.75, 3.05) is 0 Å². The molecule has 1 aliphatic rings. The molecule has 1 fully saturated rings. The van der Waals surface area contributed by atoms with E-state index in [0.717, 1.165) is 5.56 Å². The topological polar surface area (TPSA) is 146 Å². The second kappa shape index (κ2) is 16.1. The number of hydrogen-bond acceptors (Lipinski definition) is 5. The van der Waals surface area contributed by atoms with E-state index in [1.165, 1.54) is 0 Å². The van der Waals surface area contributed by atoms with Gasteiger partial charge in [0.05, 0.1) is 0 Å². The minimum absolute atomic E-state index is 0.0642. The van der Waals surface area contributed by atoms with Gasteiger partial charge < -0.3 is 26.6 Å². The minimum Gasteiger partial charge on any atom is -0.343 e. The van der Waals surface area contributed by atoms with Crippen LogP contribution < -0.4 is 26.6 Å². The lowest BCUT2D eigenvalue weighted by Crippen LogP contribution is -2.58. The van der Waals surface area contributed by atoms with Gasteiger partial charge in [-0.2, -0.15) is 0 Å². The quantitative estimate of drug-likeness (QED) is 0.309. The molecule has 5 amide bonds. The summed E-state index contributed by atoms with van der Waals surface area (Å²) in [6.07, 6.45) is 1.53. The molecule has 10 heteroatoms. The zero-order chi connectivity index (χ0) is 30.7. The van der Waals surface area contributed by atoms with Gasteiger partial charge in [0, 0.05) is 6.42 Å². The molecule has 1 aliphatic heterocycles. The van der Waals surface area contributed by atoms with Gasteiger partial charge in [-0.15, -0.1) is 0 Å². The summed E-state index contributed by atoms with van der Waals surface area (Å²) in [5.41, 5.74) is 0.831. The molecule has 5 atom stereocenters. The van der Waals surface area contributed by atoms with Gasteiger partial charge in [-0.3, -0.25) is 24.0 Å². The number of hydrogen-bond donors (Lipinski definition) is 5.